The molecule has 1 aromatic carbocycles. The van der Waals surface area contributed by atoms with Gasteiger partial charge in [0.15, 0.2) is 5.78 Å². The summed E-state index contributed by atoms with van der Waals surface area (Å²) in [4.78, 5) is 26.6. The summed E-state index contributed by atoms with van der Waals surface area (Å²) in [5.41, 5.74) is 0.240. The van der Waals surface area contributed by atoms with Crippen LogP contribution in [0.15, 0.2) is 59.8 Å². The van der Waals surface area contributed by atoms with Gasteiger partial charge in [0, 0.05) is 24.0 Å². The second-order valence-electron chi connectivity index (χ2n) is 9.03. The predicted octanol–water partition coefficient (Wildman–Crippen LogP) is 4.35. The fraction of sp³-hybridized carbons (Fsp3) is 0.292. The quantitative estimate of drug-likeness (QED) is 0.378. The summed E-state index contributed by atoms with van der Waals surface area (Å²) in [6.07, 6.45) is 1.57. The van der Waals surface area contributed by atoms with Crippen molar-refractivity contribution < 1.29 is 27.5 Å². The normalized spacial score (nSPS) is 12.9. The summed E-state index contributed by atoms with van der Waals surface area (Å²) in [5.74, 6) is -1.14. The third-order valence-electron chi connectivity index (χ3n) is 5.46. The molecule has 34 heavy (non-hydrogen) atoms. The molecule has 180 valence electrons. The summed E-state index contributed by atoms with van der Waals surface area (Å²) in [7, 11) is -4.23. The number of hydrogen-bond donors (Lipinski definition) is 2. The molecule has 0 fully saturated rings. The van der Waals surface area contributed by atoms with Crippen LogP contribution in [0.1, 0.15) is 43.6 Å². The van der Waals surface area contributed by atoms with Crippen LogP contribution in [0.4, 0.5) is 9.18 Å². The zero-order chi connectivity index (χ0) is 25.3. The number of nitrogens with zero attached hydrogens (tertiary/aromatic N) is 2. The van der Waals surface area contributed by atoms with Crippen LogP contribution in [-0.2, 0) is 16.4 Å². The van der Waals surface area contributed by atoms with Gasteiger partial charge in [-0.25, -0.2) is 22.2 Å². The monoisotopic (exact) mass is 487 g/mol. The highest BCUT2D eigenvalue weighted by Gasteiger charge is 2.29. The Labute approximate surface area is 197 Å². The van der Waals surface area contributed by atoms with Crippen molar-refractivity contribution in [1.29, 1.82) is 0 Å². The van der Waals surface area contributed by atoms with Gasteiger partial charge in [0.1, 0.15) is 0 Å². The number of hydrogen-bond acceptors (Lipinski definition) is 5. The fourth-order valence-corrected chi connectivity index (χ4v) is 4.97. The number of pyridine rings is 1. The molecule has 0 bridgehead atoms. The van der Waals surface area contributed by atoms with E-state index in [1.54, 1.807) is 0 Å². The molecule has 3 rings (SSSR count). The number of rotatable bonds is 7. The minimum atomic E-state index is -4.23. The third-order valence-corrected chi connectivity index (χ3v) is 7.13. The average Bonchev–Trinajstić information content (AvgIpc) is 3.17. The van der Waals surface area contributed by atoms with E-state index in [4.69, 9.17) is 0 Å². The van der Waals surface area contributed by atoms with E-state index in [9.17, 15) is 27.5 Å². The Balaban J connectivity index is 2.19. The largest absolute Gasteiger partial charge is 0.465 e. The van der Waals surface area contributed by atoms with Crippen LogP contribution in [0.25, 0.3) is 11.3 Å². The first-order valence-electron chi connectivity index (χ1n) is 10.5. The van der Waals surface area contributed by atoms with Crippen LogP contribution < -0.4 is 5.32 Å². The molecular weight excluding hydrogens is 461 g/mol. The Hall–Kier alpha value is -3.53. The molecule has 1 atom stereocenters. The number of ketones is 1. The van der Waals surface area contributed by atoms with E-state index in [0.717, 1.165) is 3.97 Å². The third kappa shape index (κ3) is 5.33. The average molecular weight is 488 g/mol. The summed E-state index contributed by atoms with van der Waals surface area (Å²) >= 11 is 0. The molecule has 0 aliphatic heterocycles. The number of Topliss-reactive ketones (excluding diaryl/α,β-unsaturated/α-hetero) is 1. The second kappa shape index (κ2) is 9.38. The molecule has 0 aliphatic rings. The first-order chi connectivity index (χ1) is 15.8. The van der Waals surface area contributed by atoms with Crippen LogP contribution in [0.2, 0.25) is 0 Å². The van der Waals surface area contributed by atoms with Gasteiger partial charge in [-0.3, -0.25) is 4.79 Å². The highest BCUT2D eigenvalue weighted by atomic mass is 32.2. The smallest absolute Gasteiger partial charge is 0.404 e. The van der Waals surface area contributed by atoms with Crippen molar-refractivity contribution in [2.45, 2.75) is 45.1 Å². The van der Waals surface area contributed by atoms with E-state index in [-0.39, 0.29) is 33.9 Å². The lowest BCUT2D eigenvalue weighted by atomic mass is 9.83. The van der Waals surface area contributed by atoms with Gasteiger partial charge in [0.05, 0.1) is 16.2 Å². The number of halogens is 1. The van der Waals surface area contributed by atoms with Gasteiger partial charge in [0.2, 0.25) is 5.95 Å². The van der Waals surface area contributed by atoms with Gasteiger partial charge in [-0.2, -0.15) is 4.39 Å². The van der Waals surface area contributed by atoms with Crippen molar-refractivity contribution in [2.75, 3.05) is 0 Å². The Morgan fingerprint density at radius 1 is 1.18 bits per heavy atom. The fourth-order valence-electron chi connectivity index (χ4n) is 3.53. The molecule has 0 aliphatic carbocycles. The second-order valence-corrected chi connectivity index (χ2v) is 10.8. The summed E-state index contributed by atoms with van der Waals surface area (Å²) < 4.78 is 42.7. The van der Waals surface area contributed by atoms with Crippen molar-refractivity contribution in [2.24, 2.45) is 5.41 Å². The number of benzene rings is 1. The first-order valence-corrected chi connectivity index (χ1v) is 11.9. The molecule has 0 radical (unpaired) electrons. The number of carbonyl (C=O) groups is 2. The molecule has 1 unspecified atom stereocenters. The number of nitrogens with one attached hydrogen (secondary N) is 1. The Kier molecular flexibility index (Phi) is 6.92. The molecule has 1 amide bonds. The van der Waals surface area contributed by atoms with Crippen LogP contribution in [-0.4, -0.2) is 40.4 Å². The minimum absolute atomic E-state index is 0.0291. The molecule has 3 aromatic rings. The number of amides is 1. The number of carboxylic acid groups (broad SMARTS) is 1. The lowest BCUT2D eigenvalue weighted by Gasteiger charge is -2.30. The van der Waals surface area contributed by atoms with E-state index in [2.05, 4.69) is 10.3 Å². The van der Waals surface area contributed by atoms with E-state index >= 15 is 0 Å². The number of carbonyl (C=O) groups excluding carboxylic acids is 1. The first kappa shape index (κ1) is 25.1. The lowest BCUT2D eigenvalue weighted by molar-refractivity contribution is 0.101. The summed E-state index contributed by atoms with van der Waals surface area (Å²) in [6.45, 7) is 6.90. The zero-order valence-electron chi connectivity index (χ0n) is 19.2. The van der Waals surface area contributed by atoms with Gasteiger partial charge >= 0.3 is 6.09 Å². The highest BCUT2D eigenvalue weighted by molar-refractivity contribution is 7.90. The minimum Gasteiger partial charge on any atom is -0.465 e. The van der Waals surface area contributed by atoms with Crippen molar-refractivity contribution >= 4 is 21.9 Å². The molecule has 0 saturated heterocycles. The van der Waals surface area contributed by atoms with Crippen molar-refractivity contribution in [1.82, 2.24) is 14.3 Å². The summed E-state index contributed by atoms with van der Waals surface area (Å²) in [6, 6.07) is 9.46. The molecule has 8 nitrogen and oxygen atoms in total. The van der Waals surface area contributed by atoms with Crippen molar-refractivity contribution in [3.05, 3.63) is 71.9 Å². The van der Waals surface area contributed by atoms with Crippen molar-refractivity contribution in [3.63, 3.8) is 0 Å². The van der Waals surface area contributed by atoms with E-state index < -0.39 is 33.5 Å². The zero-order valence-corrected chi connectivity index (χ0v) is 20.1. The molecule has 0 spiro atoms. The predicted molar refractivity (Wildman–Crippen MR) is 125 cm³/mol. The summed E-state index contributed by atoms with van der Waals surface area (Å²) in [5, 5.41) is 11.7. The van der Waals surface area contributed by atoms with Crippen molar-refractivity contribution in [3.8, 4) is 11.3 Å². The van der Waals surface area contributed by atoms with Crippen LogP contribution in [0, 0.1) is 11.4 Å². The SMILES string of the molecule is CC(=O)c1cccc(S(=O)(=O)n2cc(CC(NC(=O)O)C(C)(C)C)cc2-c2cccnc2F)c1. The van der Waals surface area contributed by atoms with Gasteiger partial charge < -0.3 is 10.4 Å². The topological polar surface area (TPSA) is 118 Å². The van der Waals surface area contributed by atoms with Gasteiger partial charge in [0.25, 0.3) is 10.0 Å². The molecular formula is C24H26FN3O5S. The maximum atomic E-state index is 14.6. The molecule has 2 aromatic heterocycles. The highest BCUT2D eigenvalue weighted by Crippen LogP contribution is 2.31. The number of aromatic nitrogens is 2. The molecule has 2 heterocycles. The standard InChI is InChI=1S/C24H26FN3O5S/c1-15(29)17-7-5-8-18(13-17)34(32,33)28-14-16(12-21(24(2,3)4)27-23(30)31)11-20(28)19-9-6-10-26-22(19)25/h5-11,13-14,21,27H,12H2,1-4H3,(H,30,31). The van der Waals surface area contributed by atoms with Crippen LogP contribution in [0.3, 0.4) is 0 Å². The van der Waals surface area contributed by atoms with Gasteiger partial charge in [-0.15, -0.1) is 0 Å². The Morgan fingerprint density at radius 2 is 1.88 bits per heavy atom. The molecule has 10 heteroatoms. The van der Waals surface area contributed by atoms with Gasteiger partial charge in [-0.1, -0.05) is 32.9 Å². The Morgan fingerprint density at radius 3 is 2.47 bits per heavy atom. The maximum Gasteiger partial charge on any atom is 0.404 e. The molecule has 2 N–H and O–H groups in total. The van der Waals surface area contributed by atoms with Crippen LogP contribution in [0.5, 0.6) is 0 Å². The van der Waals surface area contributed by atoms with E-state index in [1.165, 1.54) is 61.8 Å². The lowest BCUT2D eigenvalue weighted by Crippen LogP contribution is -2.44. The Bertz CT molecular complexity index is 1340. The van der Waals surface area contributed by atoms with E-state index in [1.807, 2.05) is 20.8 Å². The van der Waals surface area contributed by atoms with E-state index in [0.29, 0.717) is 5.56 Å². The molecule has 0 saturated carbocycles. The van der Waals surface area contributed by atoms with Crippen LogP contribution >= 0.6 is 0 Å². The van der Waals surface area contributed by atoms with Gasteiger partial charge in [-0.05, 0) is 54.7 Å². The maximum absolute atomic E-state index is 14.6.